The molecule has 0 unspecified atom stereocenters. The van der Waals surface area contributed by atoms with Gasteiger partial charge < -0.3 is 4.42 Å². The van der Waals surface area contributed by atoms with Crippen LogP contribution in [0, 0.1) is 9.85 Å². The lowest BCUT2D eigenvalue weighted by atomic mass is 10.3. The second-order valence-electron chi connectivity index (χ2n) is 2.81. The second kappa shape index (κ2) is 4.29. The molecule has 0 atom stereocenters. The van der Waals surface area contributed by atoms with Crippen molar-refractivity contribution in [1.82, 2.24) is 4.57 Å². The molecular formula is C10H5ClINO2. The molecular weight excluding hydrogens is 328 g/mol. The van der Waals surface area contributed by atoms with Crippen LogP contribution < -0.4 is 5.76 Å². The van der Waals surface area contributed by atoms with E-state index in [9.17, 15) is 4.79 Å². The highest BCUT2D eigenvalue weighted by Crippen LogP contribution is 2.21. The molecule has 1 aromatic carbocycles. The van der Waals surface area contributed by atoms with E-state index < -0.39 is 5.76 Å². The Morgan fingerprint density at radius 2 is 2.33 bits per heavy atom. The van der Waals surface area contributed by atoms with Gasteiger partial charge in [0.05, 0.1) is 17.1 Å². The van der Waals surface area contributed by atoms with Crippen LogP contribution in [0.25, 0.3) is 11.1 Å². The average molecular weight is 334 g/mol. The van der Waals surface area contributed by atoms with Crippen LogP contribution >= 0.6 is 34.2 Å². The first-order chi connectivity index (χ1) is 7.24. The maximum absolute atomic E-state index is 11.5. The average Bonchev–Trinajstić information content (AvgIpc) is 2.54. The molecule has 15 heavy (non-hydrogen) atoms. The highest BCUT2D eigenvalue weighted by atomic mass is 127. The fourth-order valence-corrected chi connectivity index (χ4v) is 1.69. The monoisotopic (exact) mass is 333 g/mol. The van der Waals surface area contributed by atoms with E-state index in [-0.39, 0.29) is 0 Å². The van der Waals surface area contributed by atoms with Gasteiger partial charge in [-0.05, 0) is 16.1 Å². The number of oxazole rings is 1. The van der Waals surface area contributed by atoms with E-state index >= 15 is 0 Å². The first-order valence-electron chi connectivity index (χ1n) is 4.10. The minimum absolute atomic E-state index is 0.315. The molecule has 1 aromatic heterocycles. The summed E-state index contributed by atoms with van der Waals surface area (Å²) in [6.45, 7) is 0.315. The van der Waals surface area contributed by atoms with E-state index in [1.165, 1.54) is 4.57 Å². The molecule has 3 nitrogen and oxygen atoms in total. The van der Waals surface area contributed by atoms with E-state index in [1.54, 1.807) is 18.2 Å². The number of hydrogen-bond donors (Lipinski definition) is 0. The fraction of sp³-hybridized carbons (Fsp3) is 0.100. The predicted octanol–water partition coefficient (Wildman–Crippen LogP) is 2.64. The molecule has 0 radical (unpaired) electrons. The minimum Gasteiger partial charge on any atom is -0.406 e. The van der Waals surface area contributed by atoms with Crippen molar-refractivity contribution < 1.29 is 4.42 Å². The summed E-state index contributed by atoms with van der Waals surface area (Å²) >= 11 is 7.81. The Bertz CT molecular complexity index is 618. The molecule has 0 aliphatic rings. The molecule has 0 fully saturated rings. The van der Waals surface area contributed by atoms with Gasteiger partial charge in [0.1, 0.15) is 0 Å². The zero-order valence-electron chi connectivity index (χ0n) is 7.46. The third-order valence-electron chi connectivity index (χ3n) is 1.95. The number of rotatable bonds is 1. The van der Waals surface area contributed by atoms with Gasteiger partial charge in [0, 0.05) is 22.6 Å². The number of hydrogen-bond acceptors (Lipinski definition) is 2. The topological polar surface area (TPSA) is 35.1 Å². The summed E-state index contributed by atoms with van der Waals surface area (Å²) in [4.78, 5) is 11.5. The highest BCUT2D eigenvalue weighted by molar-refractivity contribution is 14.1. The number of para-hydroxylation sites is 1. The molecule has 0 saturated heterocycles. The van der Waals surface area contributed by atoms with Crippen LogP contribution in [-0.2, 0) is 6.54 Å². The van der Waals surface area contributed by atoms with Crippen molar-refractivity contribution >= 4 is 45.3 Å². The Kier molecular flexibility index (Phi) is 3.03. The van der Waals surface area contributed by atoms with Gasteiger partial charge in [0.25, 0.3) is 0 Å². The molecule has 0 aliphatic heterocycles. The van der Waals surface area contributed by atoms with Gasteiger partial charge in [-0.25, -0.2) is 4.79 Å². The van der Waals surface area contributed by atoms with E-state index in [0.717, 1.165) is 0 Å². The molecule has 76 valence electrons. The lowest BCUT2D eigenvalue weighted by molar-refractivity contribution is 0.521. The SMILES string of the molecule is O=c1oc2c(Cl)cccc2n1CC#CI. The van der Waals surface area contributed by atoms with Gasteiger partial charge in [-0.15, -0.1) is 0 Å². The highest BCUT2D eigenvalue weighted by Gasteiger charge is 2.10. The van der Waals surface area contributed by atoms with Crippen LogP contribution in [0.3, 0.4) is 0 Å². The molecule has 2 aromatic rings. The van der Waals surface area contributed by atoms with Gasteiger partial charge in [0.2, 0.25) is 0 Å². The Morgan fingerprint density at radius 3 is 3.07 bits per heavy atom. The summed E-state index contributed by atoms with van der Waals surface area (Å²) in [5.41, 5.74) is 1.09. The van der Waals surface area contributed by atoms with Gasteiger partial charge >= 0.3 is 5.76 Å². The third-order valence-corrected chi connectivity index (χ3v) is 2.63. The molecule has 0 N–H and O–H groups in total. The van der Waals surface area contributed by atoms with Gasteiger partial charge in [-0.2, -0.15) is 0 Å². The van der Waals surface area contributed by atoms with Crippen molar-refractivity contribution in [2.24, 2.45) is 0 Å². The summed E-state index contributed by atoms with van der Waals surface area (Å²) in [5.74, 6) is 2.37. The summed E-state index contributed by atoms with van der Waals surface area (Å²) in [6.07, 6.45) is 0. The number of nitrogens with zero attached hydrogens (tertiary/aromatic N) is 1. The van der Waals surface area contributed by atoms with Crippen LogP contribution in [0.5, 0.6) is 0 Å². The molecule has 2 rings (SSSR count). The van der Waals surface area contributed by atoms with Crippen LogP contribution in [-0.4, -0.2) is 4.57 Å². The van der Waals surface area contributed by atoms with Crippen molar-refractivity contribution in [3.8, 4) is 9.85 Å². The second-order valence-corrected chi connectivity index (χ2v) is 3.76. The largest absolute Gasteiger partial charge is 0.420 e. The summed E-state index contributed by atoms with van der Waals surface area (Å²) in [5, 5.41) is 0.436. The zero-order chi connectivity index (χ0) is 10.8. The Morgan fingerprint density at radius 1 is 1.53 bits per heavy atom. The summed E-state index contributed by atoms with van der Waals surface area (Å²) in [7, 11) is 0. The number of aromatic nitrogens is 1. The van der Waals surface area contributed by atoms with Crippen molar-refractivity contribution in [2.45, 2.75) is 6.54 Å². The van der Waals surface area contributed by atoms with Crippen LogP contribution in [0.15, 0.2) is 27.4 Å². The van der Waals surface area contributed by atoms with E-state index in [1.807, 2.05) is 22.6 Å². The molecule has 0 aliphatic carbocycles. The summed E-state index contributed by atoms with van der Waals surface area (Å²) in [6, 6.07) is 5.23. The van der Waals surface area contributed by atoms with Crippen molar-refractivity contribution in [3.63, 3.8) is 0 Å². The molecule has 5 heteroatoms. The zero-order valence-corrected chi connectivity index (χ0v) is 10.4. The van der Waals surface area contributed by atoms with Gasteiger partial charge in [0.15, 0.2) is 5.58 Å². The molecule has 0 saturated carbocycles. The quantitative estimate of drug-likeness (QED) is 0.594. The van der Waals surface area contributed by atoms with Crippen LogP contribution in [0.2, 0.25) is 5.02 Å². The van der Waals surface area contributed by atoms with Crippen molar-refractivity contribution in [3.05, 3.63) is 33.8 Å². The summed E-state index contributed by atoms with van der Waals surface area (Å²) < 4.78 is 9.18. The first-order valence-corrected chi connectivity index (χ1v) is 5.56. The maximum Gasteiger partial charge on any atom is 0.420 e. The Balaban J connectivity index is 2.72. The number of benzene rings is 1. The Labute approximate surface area is 104 Å². The van der Waals surface area contributed by atoms with E-state index in [2.05, 4.69) is 9.85 Å². The smallest absolute Gasteiger partial charge is 0.406 e. The van der Waals surface area contributed by atoms with Crippen molar-refractivity contribution in [2.75, 3.05) is 0 Å². The standard InChI is InChI=1S/C10H5ClINO2/c11-7-3-1-4-8-9(7)15-10(14)13(8)6-2-5-12/h1,3-4H,6H2. The lowest BCUT2D eigenvalue weighted by Crippen LogP contribution is -2.12. The normalized spacial score (nSPS) is 10.0. The van der Waals surface area contributed by atoms with Crippen LogP contribution in [0.4, 0.5) is 0 Å². The van der Waals surface area contributed by atoms with Gasteiger partial charge in [-0.3, -0.25) is 4.57 Å². The maximum atomic E-state index is 11.5. The first kappa shape index (κ1) is 10.6. The molecule has 0 spiro atoms. The van der Waals surface area contributed by atoms with Gasteiger partial charge in [-0.1, -0.05) is 23.6 Å². The molecule has 0 amide bonds. The van der Waals surface area contributed by atoms with Crippen LogP contribution in [0.1, 0.15) is 0 Å². The Hall–Kier alpha value is -0.930. The fourth-order valence-electron chi connectivity index (χ4n) is 1.31. The lowest BCUT2D eigenvalue weighted by Gasteiger charge is -1.94. The number of halogens is 2. The third kappa shape index (κ3) is 1.90. The number of fused-ring (bicyclic) bond motifs is 1. The van der Waals surface area contributed by atoms with E-state index in [0.29, 0.717) is 22.7 Å². The van der Waals surface area contributed by atoms with E-state index in [4.69, 9.17) is 16.0 Å². The minimum atomic E-state index is -0.433. The predicted molar refractivity (Wildman–Crippen MR) is 67.3 cm³/mol. The van der Waals surface area contributed by atoms with Crippen molar-refractivity contribution in [1.29, 1.82) is 0 Å². The molecule has 0 bridgehead atoms. The molecule has 1 heterocycles.